The fourth-order valence-corrected chi connectivity index (χ4v) is 1.56. The van der Waals surface area contributed by atoms with Crippen molar-refractivity contribution in [1.82, 2.24) is 0 Å². The molecule has 0 bridgehead atoms. The predicted octanol–water partition coefficient (Wildman–Crippen LogP) is 2.47. The summed E-state index contributed by atoms with van der Waals surface area (Å²) < 4.78 is 1.92. The number of aliphatic hydroxyl groups excluding tert-OH is 1. The second-order valence-electron chi connectivity index (χ2n) is 3.03. The number of hydrogen-bond donors (Lipinski definition) is 1. The molecular formula is C10H15IO2. The Kier molecular flexibility index (Phi) is 7.17. The first-order valence-corrected chi connectivity index (χ1v) is 5.43. The Hall–Kier alpha value is -0.160. The molecule has 13 heavy (non-hydrogen) atoms. The van der Waals surface area contributed by atoms with E-state index in [-0.39, 0.29) is 12.3 Å². The number of aldehydes is 1. The van der Waals surface area contributed by atoms with E-state index < -0.39 is 6.10 Å². The van der Waals surface area contributed by atoms with Crippen LogP contribution in [0.25, 0.3) is 0 Å². The molecule has 0 saturated carbocycles. The molecule has 0 aromatic rings. The van der Waals surface area contributed by atoms with Crippen LogP contribution in [0.3, 0.4) is 0 Å². The highest BCUT2D eigenvalue weighted by Crippen LogP contribution is 2.11. The Morgan fingerprint density at radius 3 is 2.69 bits per heavy atom. The molecule has 0 aromatic heterocycles. The van der Waals surface area contributed by atoms with Gasteiger partial charge in [0.15, 0.2) is 0 Å². The summed E-state index contributed by atoms with van der Waals surface area (Å²) in [5.41, 5.74) is 1.10. The van der Waals surface area contributed by atoms with Crippen molar-refractivity contribution in [1.29, 1.82) is 0 Å². The van der Waals surface area contributed by atoms with E-state index in [0.717, 1.165) is 11.9 Å². The van der Waals surface area contributed by atoms with E-state index in [2.05, 4.69) is 22.6 Å². The SMILES string of the molecule is CC(/C=C\I)=C\[C@H](C)[C@@H](O)CC=O. The Morgan fingerprint density at radius 1 is 1.62 bits per heavy atom. The Labute approximate surface area is 92.9 Å². The third-order valence-corrected chi connectivity index (χ3v) is 2.16. The van der Waals surface area contributed by atoms with E-state index in [0.29, 0.717) is 0 Å². The highest BCUT2D eigenvalue weighted by molar-refractivity contribution is 14.1. The molecule has 0 unspecified atom stereocenters. The third-order valence-electron chi connectivity index (χ3n) is 1.80. The predicted molar refractivity (Wildman–Crippen MR) is 62.8 cm³/mol. The van der Waals surface area contributed by atoms with Gasteiger partial charge in [-0.3, -0.25) is 0 Å². The van der Waals surface area contributed by atoms with Gasteiger partial charge in [0.25, 0.3) is 0 Å². The molecule has 3 heteroatoms. The molecule has 2 nitrogen and oxygen atoms in total. The van der Waals surface area contributed by atoms with E-state index in [9.17, 15) is 9.90 Å². The van der Waals surface area contributed by atoms with Gasteiger partial charge in [-0.15, -0.1) is 0 Å². The van der Waals surface area contributed by atoms with Crippen molar-refractivity contribution < 1.29 is 9.90 Å². The number of halogens is 1. The van der Waals surface area contributed by atoms with Crippen LogP contribution < -0.4 is 0 Å². The minimum atomic E-state index is -0.560. The number of hydrogen-bond acceptors (Lipinski definition) is 2. The second kappa shape index (κ2) is 7.26. The highest BCUT2D eigenvalue weighted by atomic mass is 127. The molecule has 0 saturated heterocycles. The van der Waals surface area contributed by atoms with E-state index >= 15 is 0 Å². The quantitative estimate of drug-likeness (QED) is 0.480. The summed E-state index contributed by atoms with van der Waals surface area (Å²) in [6.07, 6.45) is 4.32. The molecule has 0 radical (unpaired) electrons. The molecule has 0 aliphatic carbocycles. The van der Waals surface area contributed by atoms with Crippen molar-refractivity contribution in [2.75, 3.05) is 0 Å². The van der Waals surface area contributed by atoms with Gasteiger partial charge in [0.05, 0.1) is 6.10 Å². The van der Waals surface area contributed by atoms with Gasteiger partial charge in [0.2, 0.25) is 0 Å². The van der Waals surface area contributed by atoms with Crippen LogP contribution in [-0.4, -0.2) is 17.5 Å². The summed E-state index contributed by atoms with van der Waals surface area (Å²) in [4.78, 5) is 10.1. The molecule has 0 aromatic carbocycles. The number of rotatable bonds is 5. The molecule has 2 atom stereocenters. The first-order chi connectivity index (χ1) is 6.11. The van der Waals surface area contributed by atoms with Gasteiger partial charge in [0.1, 0.15) is 6.29 Å². The topological polar surface area (TPSA) is 37.3 Å². The molecule has 0 fully saturated rings. The number of allylic oxidation sites excluding steroid dienone is 2. The normalized spacial score (nSPS) is 17.4. The summed E-state index contributed by atoms with van der Waals surface area (Å²) in [6.45, 7) is 3.87. The van der Waals surface area contributed by atoms with Crippen LogP contribution in [0.2, 0.25) is 0 Å². The molecule has 0 aliphatic rings. The second-order valence-corrected chi connectivity index (χ2v) is 3.75. The molecule has 0 aliphatic heterocycles. The van der Waals surface area contributed by atoms with Crippen molar-refractivity contribution in [3.63, 3.8) is 0 Å². The van der Waals surface area contributed by atoms with Gasteiger partial charge in [0, 0.05) is 12.3 Å². The van der Waals surface area contributed by atoms with Crippen LogP contribution in [-0.2, 0) is 4.79 Å². The Morgan fingerprint density at radius 2 is 2.23 bits per heavy atom. The van der Waals surface area contributed by atoms with Gasteiger partial charge in [-0.05, 0) is 11.0 Å². The van der Waals surface area contributed by atoms with Crippen LogP contribution in [0, 0.1) is 5.92 Å². The van der Waals surface area contributed by atoms with Gasteiger partial charge in [-0.1, -0.05) is 47.2 Å². The zero-order chi connectivity index (χ0) is 10.3. The van der Waals surface area contributed by atoms with Crippen molar-refractivity contribution >= 4 is 28.9 Å². The number of carbonyl (C=O) groups is 1. The van der Waals surface area contributed by atoms with Crippen LogP contribution in [0.4, 0.5) is 0 Å². The lowest BCUT2D eigenvalue weighted by Gasteiger charge is -2.12. The van der Waals surface area contributed by atoms with Crippen molar-refractivity contribution in [2.45, 2.75) is 26.4 Å². The monoisotopic (exact) mass is 294 g/mol. The first-order valence-electron chi connectivity index (χ1n) is 4.18. The zero-order valence-electron chi connectivity index (χ0n) is 7.90. The average Bonchev–Trinajstić information content (AvgIpc) is 2.05. The van der Waals surface area contributed by atoms with Crippen molar-refractivity contribution in [3.8, 4) is 0 Å². The van der Waals surface area contributed by atoms with E-state index in [4.69, 9.17) is 0 Å². The molecule has 74 valence electrons. The Balaban J connectivity index is 4.17. The maximum absolute atomic E-state index is 10.1. The summed E-state index contributed by atoms with van der Waals surface area (Å²) >= 11 is 2.14. The summed E-state index contributed by atoms with van der Waals surface area (Å²) in [5, 5.41) is 9.43. The van der Waals surface area contributed by atoms with Gasteiger partial charge >= 0.3 is 0 Å². The third kappa shape index (κ3) is 5.99. The van der Waals surface area contributed by atoms with Crippen molar-refractivity contribution in [2.24, 2.45) is 5.92 Å². The maximum Gasteiger partial charge on any atom is 0.122 e. The van der Waals surface area contributed by atoms with Gasteiger partial charge in [-0.2, -0.15) is 0 Å². The molecular weight excluding hydrogens is 279 g/mol. The van der Waals surface area contributed by atoms with E-state index in [1.54, 1.807) is 0 Å². The van der Waals surface area contributed by atoms with E-state index in [1.165, 1.54) is 0 Å². The maximum atomic E-state index is 10.1. The largest absolute Gasteiger partial charge is 0.392 e. The minimum Gasteiger partial charge on any atom is -0.392 e. The Bertz CT molecular complexity index is 209. The zero-order valence-corrected chi connectivity index (χ0v) is 10.1. The van der Waals surface area contributed by atoms with Crippen LogP contribution in [0.1, 0.15) is 20.3 Å². The summed E-state index contributed by atoms with van der Waals surface area (Å²) in [5.74, 6) is 0.0257. The van der Waals surface area contributed by atoms with Crippen LogP contribution in [0.5, 0.6) is 0 Å². The lowest BCUT2D eigenvalue weighted by Crippen LogP contribution is -2.16. The molecule has 0 amide bonds. The van der Waals surface area contributed by atoms with Gasteiger partial charge < -0.3 is 9.90 Å². The van der Waals surface area contributed by atoms with Crippen LogP contribution in [0.15, 0.2) is 21.8 Å². The number of carbonyl (C=O) groups excluding carboxylic acids is 1. The smallest absolute Gasteiger partial charge is 0.122 e. The van der Waals surface area contributed by atoms with E-state index in [1.807, 2.05) is 30.1 Å². The molecule has 0 heterocycles. The standard InChI is InChI=1S/C10H15IO2/c1-8(3-5-11)7-9(2)10(13)4-6-12/h3,5-7,9-10,13H,4H2,1-2H3/b5-3-,8-7+/t9-,10-/m0/s1. The van der Waals surface area contributed by atoms with Crippen molar-refractivity contribution in [3.05, 3.63) is 21.8 Å². The first kappa shape index (κ1) is 12.8. The molecule has 1 N–H and O–H groups in total. The molecule has 0 rings (SSSR count). The lowest BCUT2D eigenvalue weighted by molar-refractivity contribution is -0.109. The number of aliphatic hydroxyl groups is 1. The average molecular weight is 294 g/mol. The summed E-state index contributed by atoms with van der Waals surface area (Å²) in [6, 6.07) is 0. The lowest BCUT2D eigenvalue weighted by atomic mass is 10.00. The minimum absolute atomic E-state index is 0.0257. The fraction of sp³-hybridized carbons (Fsp3) is 0.500. The summed E-state index contributed by atoms with van der Waals surface area (Å²) in [7, 11) is 0. The highest BCUT2D eigenvalue weighted by Gasteiger charge is 2.10. The molecule has 0 spiro atoms. The van der Waals surface area contributed by atoms with Gasteiger partial charge in [-0.25, -0.2) is 0 Å². The fourth-order valence-electron chi connectivity index (χ4n) is 0.994. The van der Waals surface area contributed by atoms with Crippen LogP contribution >= 0.6 is 22.6 Å².